The van der Waals surface area contributed by atoms with Crippen LogP contribution in [0.1, 0.15) is 22.5 Å². The quantitative estimate of drug-likeness (QED) is 0.276. The highest BCUT2D eigenvalue weighted by Crippen LogP contribution is 2.34. The van der Waals surface area contributed by atoms with E-state index in [2.05, 4.69) is 5.32 Å². The standard InChI is InChI=1S/C25H21N3O6S/c1-14-4-5-15(2)19(10-14)26-23(29)13-27-24(30)22(35-25(27)31)12-18-8-9-21(34-18)17-7-6-16(3)20(11-17)28(32)33/h4-12H,13H2,1-3H3,(H,26,29)/b22-12+. The summed E-state index contributed by atoms with van der Waals surface area (Å²) in [5, 5.41) is 13.4. The lowest BCUT2D eigenvalue weighted by atomic mass is 10.1. The van der Waals surface area contributed by atoms with Crippen LogP contribution in [0.2, 0.25) is 0 Å². The first-order valence-electron chi connectivity index (χ1n) is 10.6. The van der Waals surface area contributed by atoms with Crippen molar-refractivity contribution in [2.24, 2.45) is 0 Å². The van der Waals surface area contributed by atoms with Crippen LogP contribution in [0, 0.1) is 30.9 Å². The Balaban J connectivity index is 1.48. The summed E-state index contributed by atoms with van der Waals surface area (Å²) >= 11 is 0.713. The van der Waals surface area contributed by atoms with Crippen molar-refractivity contribution in [1.82, 2.24) is 4.90 Å². The molecule has 0 bridgehead atoms. The van der Waals surface area contributed by atoms with Gasteiger partial charge in [0.25, 0.3) is 16.8 Å². The van der Waals surface area contributed by atoms with E-state index in [9.17, 15) is 24.5 Å². The Hall–Kier alpha value is -4.18. The number of imide groups is 1. The van der Waals surface area contributed by atoms with E-state index in [4.69, 9.17) is 4.42 Å². The molecule has 2 heterocycles. The summed E-state index contributed by atoms with van der Waals surface area (Å²) in [5.41, 5.74) is 3.47. The Bertz CT molecular complexity index is 1410. The molecule has 178 valence electrons. The van der Waals surface area contributed by atoms with Gasteiger partial charge < -0.3 is 9.73 Å². The van der Waals surface area contributed by atoms with Crippen molar-refractivity contribution in [3.63, 3.8) is 0 Å². The maximum absolute atomic E-state index is 12.8. The lowest BCUT2D eigenvalue weighted by molar-refractivity contribution is -0.385. The fourth-order valence-corrected chi connectivity index (χ4v) is 4.33. The number of hydrogen-bond donors (Lipinski definition) is 1. The molecular weight excluding hydrogens is 470 g/mol. The van der Waals surface area contributed by atoms with Gasteiger partial charge in [0, 0.05) is 29.0 Å². The molecule has 0 atom stereocenters. The zero-order chi connectivity index (χ0) is 25.3. The van der Waals surface area contributed by atoms with Crippen LogP contribution < -0.4 is 5.32 Å². The molecule has 4 rings (SSSR count). The number of carbonyl (C=O) groups is 3. The lowest BCUT2D eigenvalue weighted by Crippen LogP contribution is -2.36. The van der Waals surface area contributed by atoms with Crippen molar-refractivity contribution in [3.8, 4) is 11.3 Å². The van der Waals surface area contributed by atoms with Crippen LogP contribution >= 0.6 is 11.8 Å². The Morgan fingerprint density at radius 1 is 1.09 bits per heavy atom. The highest BCUT2D eigenvalue weighted by Gasteiger charge is 2.36. The number of anilines is 1. The number of nitrogens with zero attached hydrogens (tertiary/aromatic N) is 2. The van der Waals surface area contributed by atoms with Crippen molar-refractivity contribution in [3.05, 3.63) is 86.0 Å². The lowest BCUT2D eigenvalue weighted by Gasteiger charge is -2.14. The molecule has 0 radical (unpaired) electrons. The first-order chi connectivity index (χ1) is 16.6. The predicted molar refractivity (Wildman–Crippen MR) is 133 cm³/mol. The summed E-state index contributed by atoms with van der Waals surface area (Å²) in [6.45, 7) is 4.99. The second-order valence-electron chi connectivity index (χ2n) is 8.09. The molecule has 10 heteroatoms. The van der Waals surface area contributed by atoms with Crippen molar-refractivity contribution >= 4 is 46.3 Å². The summed E-state index contributed by atoms with van der Waals surface area (Å²) < 4.78 is 5.74. The molecule has 2 aromatic carbocycles. The van der Waals surface area contributed by atoms with E-state index in [0.717, 1.165) is 16.0 Å². The predicted octanol–water partition coefficient (Wildman–Crippen LogP) is 5.46. The summed E-state index contributed by atoms with van der Waals surface area (Å²) in [6, 6.07) is 13.6. The molecule has 1 aliphatic heterocycles. The molecule has 1 saturated heterocycles. The number of amides is 3. The maximum atomic E-state index is 12.8. The van der Waals surface area contributed by atoms with Gasteiger partial charge in [-0.3, -0.25) is 29.4 Å². The summed E-state index contributed by atoms with van der Waals surface area (Å²) in [4.78, 5) is 49.4. The Labute approximate surface area is 204 Å². The summed E-state index contributed by atoms with van der Waals surface area (Å²) in [6.07, 6.45) is 1.42. The minimum Gasteiger partial charge on any atom is -0.457 e. The van der Waals surface area contributed by atoms with Crippen LogP contribution in [0.25, 0.3) is 17.4 Å². The third kappa shape index (κ3) is 5.17. The Kier molecular flexibility index (Phi) is 6.57. The van der Waals surface area contributed by atoms with Gasteiger partial charge in [0.2, 0.25) is 5.91 Å². The normalized spacial score (nSPS) is 14.6. The molecular formula is C25H21N3O6S. The van der Waals surface area contributed by atoms with E-state index in [-0.39, 0.29) is 10.6 Å². The number of hydrogen-bond acceptors (Lipinski definition) is 7. The number of rotatable bonds is 6. The molecule has 1 N–H and O–H groups in total. The smallest absolute Gasteiger partial charge is 0.294 e. The third-order valence-electron chi connectivity index (χ3n) is 5.43. The van der Waals surface area contributed by atoms with E-state index in [1.165, 1.54) is 12.1 Å². The number of benzene rings is 2. The van der Waals surface area contributed by atoms with Gasteiger partial charge in [-0.25, -0.2) is 0 Å². The van der Waals surface area contributed by atoms with E-state index in [0.29, 0.717) is 40.1 Å². The summed E-state index contributed by atoms with van der Waals surface area (Å²) in [7, 11) is 0. The highest BCUT2D eigenvalue weighted by molar-refractivity contribution is 8.18. The van der Waals surface area contributed by atoms with Crippen LogP contribution in [0.15, 0.2) is 57.9 Å². The van der Waals surface area contributed by atoms with Crippen LogP contribution in [0.3, 0.4) is 0 Å². The Morgan fingerprint density at radius 2 is 1.83 bits per heavy atom. The van der Waals surface area contributed by atoms with Gasteiger partial charge >= 0.3 is 0 Å². The van der Waals surface area contributed by atoms with Crippen LogP contribution in [0.5, 0.6) is 0 Å². The molecule has 1 fully saturated rings. The molecule has 1 aromatic heterocycles. The molecule has 0 aliphatic carbocycles. The topological polar surface area (TPSA) is 123 Å². The first kappa shape index (κ1) is 24.0. The summed E-state index contributed by atoms with van der Waals surface area (Å²) in [5.74, 6) is -0.399. The van der Waals surface area contributed by atoms with Gasteiger partial charge in [0.15, 0.2) is 0 Å². The molecule has 3 amide bonds. The maximum Gasteiger partial charge on any atom is 0.294 e. The van der Waals surface area contributed by atoms with E-state index < -0.39 is 28.5 Å². The van der Waals surface area contributed by atoms with Crippen LogP contribution in [0.4, 0.5) is 16.2 Å². The number of nitro groups is 1. The molecule has 9 nitrogen and oxygen atoms in total. The minimum absolute atomic E-state index is 0.0271. The number of nitro benzene ring substituents is 1. The second kappa shape index (κ2) is 9.59. The largest absolute Gasteiger partial charge is 0.457 e. The average molecular weight is 492 g/mol. The number of thioether (sulfide) groups is 1. The van der Waals surface area contributed by atoms with Crippen molar-refractivity contribution in [1.29, 1.82) is 0 Å². The van der Waals surface area contributed by atoms with Crippen LogP contribution in [-0.4, -0.2) is 33.4 Å². The second-order valence-corrected chi connectivity index (χ2v) is 9.09. The van der Waals surface area contributed by atoms with E-state index in [1.807, 2.05) is 32.0 Å². The number of furan rings is 1. The Morgan fingerprint density at radius 3 is 2.57 bits per heavy atom. The SMILES string of the molecule is Cc1ccc(C)c(NC(=O)CN2C(=O)S/C(=C/c3ccc(-c4ccc(C)c([N+](=O)[O-])c4)o3)C2=O)c1. The van der Waals surface area contributed by atoms with Gasteiger partial charge in [0.1, 0.15) is 18.1 Å². The van der Waals surface area contributed by atoms with Gasteiger partial charge in [-0.1, -0.05) is 24.3 Å². The molecule has 3 aromatic rings. The van der Waals surface area contributed by atoms with E-state index in [1.54, 1.807) is 31.2 Å². The van der Waals surface area contributed by atoms with Crippen molar-refractivity contribution < 1.29 is 23.7 Å². The van der Waals surface area contributed by atoms with Crippen molar-refractivity contribution in [2.75, 3.05) is 11.9 Å². The van der Waals surface area contributed by atoms with Gasteiger partial charge in [-0.05, 0) is 61.9 Å². The van der Waals surface area contributed by atoms with Crippen LogP contribution in [-0.2, 0) is 9.59 Å². The third-order valence-corrected chi connectivity index (χ3v) is 6.34. The fraction of sp³-hybridized carbons (Fsp3) is 0.160. The molecule has 0 saturated carbocycles. The average Bonchev–Trinajstić information content (AvgIpc) is 3.37. The molecule has 35 heavy (non-hydrogen) atoms. The highest BCUT2D eigenvalue weighted by atomic mass is 32.2. The molecule has 0 unspecified atom stereocenters. The van der Waals surface area contributed by atoms with E-state index >= 15 is 0 Å². The fourth-order valence-electron chi connectivity index (χ4n) is 3.51. The minimum atomic E-state index is -0.597. The monoisotopic (exact) mass is 491 g/mol. The zero-order valence-corrected chi connectivity index (χ0v) is 20.0. The number of nitrogens with one attached hydrogen (secondary N) is 1. The van der Waals surface area contributed by atoms with Gasteiger partial charge in [-0.2, -0.15) is 0 Å². The molecule has 0 spiro atoms. The van der Waals surface area contributed by atoms with Gasteiger partial charge in [-0.15, -0.1) is 0 Å². The first-order valence-corrected chi connectivity index (χ1v) is 11.4. The van der Waals surface area contributed by atoms with Crippen molar-refractivity contribution in [2.45, 2.75) is 20.8 Å². The zero-order valence-electron chi connectivity index (χ0n) is 19.2. The number of carbonyl (C=O) groups excluding carboxylic acids is 3. The number of aryl methyl sites for hydroxylation is 3. The van der Waals surface area contributed by atoms with Gasteiger partial charge in [0.05, 0.1) is 9.83 Å². The molecule has 1 aliphatic rings.